The molecule has 3 nitrogen and oxygen atoms in total. The molecule has 20 heavy (non-hydrogen) atoms. The van der Waals surface area contributed by atoms with E-state index < -0.39 is 0 Å². The summed E-state index contributed by atoms with van der Waals surface area (Å²) in [6.07, 6.45) is 9.93. The molecule has 0 aromatic rings. The third-order valence-corrected chi connectivity index (χ3v) is 5.30. The van der Waals surface area contributed by atoms with E-state index in [9.17, 15) is 5.26 Å². The Morgan fingerprint density at radius 3 is 2.55 bits per heavy atom. The maximum atomic E-state index is 9.72. The van der Waals surface area contributed by atoms with Crippen molar-refractivity contribution in [1.82, 2.24) is 10.2 Å². The Hall–Kier alpha value is -0.590. The average Bonchev–Trinajstić information content (AvgIpc) is 3.31. The van der Waals surface area contributed by atoms with Crippen molar-refractivity contribution in [2.45, 2.75) is 88.9 Å². The van der Waals surface area contributed by atoms with Crippen LogP contribution in [0.1, 0.15) is 65.2 Å². The van der Waals surface area contributed by atoms with E-state index in [4.69, 9.17) is 0 Å². The van der Waals surface area contributed by atoms with Crippen molar-refractivity contribution in [3.05, 3.63) is 0 Å². The number of hydrogen-bond donors (Lipinski definition) is 1. The van der Waals surface area contributed by atoms with E-state index in [1.165, 1.54) is 45.1 Å². The maximum Gasteiger partial charge on any atom is 0.108 e. The number of nitrogens with one attached hydrogen (secondary N) is 1. The van der Waals surface area contributed by atoms with Gasteiger partial charge in [0.05, 0.1) is 6.07 Å². The molecule has 0 heterocycles. The van der Waals surface area contributed by atoms with Crippen LogP contribution in [0.25, 0.3) is 0 Å². The van der Waals surface area contributed by atoms with Crippen LogP contribution < -0.4 is 5.32 Å². The van der Waals surface area contributed by atoms with Gasteiger partial charge in [-0.2, -0.15) is 5.26 Å². The molecule has 2 unspecified atom stereocenters. The Morgan fingerprint density at radius 2 is 2.00 bits per heavy atom. The number of nitrogens with zero attached hydrogens (tertiary/aromatic N) is 2. The molecule has 0 amide bonds. The summed E-state index contributed by atoms with van der Waals surface area (Å²) in [6, 6.07) is 4.49. The fourth-order valence-electron chi connectivity index (χ4n) is 3.79. The minimum Gasteiger partial charge on any atom is -0.298 e. The molecule has 0 spiro atoms. The van der Waals surface area contributed by atoms with E-state index in [0.717, 1.165) is 18.8 Å². The number of nitriles is 1. The lowest BCUT2D eigenvalue weighted by atomic mass is 9.78. The van der Waals surface area contributed by atoms with Gasteiger partial charge in [-0.05, 0) is 71.1 Å². The van der Waals surface area contributed by atoms with Crippen LogP contribution in [0.4, 0.5) is 0 Å². The first-order chi connectivity index (χ1) is 9.62. The average molecular weight is 275 g/mol. The normalized spacial score (nSPS) is 34.5. The highest BCUT2D eigenvalue weighted by atomic mass is 15.2. The zero-order chi connectivity index (χ0) is 14.2. The van der Waals surface area contributed by atoms with Gasteiger partial charge in [-0.15, -0.1) is 0 Å². The van der Waals surface area contributed by atoms with Gasteiger partial charge in [-0.3, -0.25) is 10.2 Å². The maximum absolute atomic E-state index is 9.72. The molecule has 0 bridgehead atoms. The quantitative estimate of drug-likeness (QED) is 0.809. The highest BCUT2D eigenvalue weighted by Gasteiger charge is 2.43. The predicted molar refractivity (Wildman–Crippen MR) is 81.3 cm³/mol. The minimum atomic E-state index is -0.235. The summed E-state index contributed by atoms with van der Waals surface area (Å²) in [6.45, 7) is 5.89. The fourth-order valence-corrected chi connectivity index (χ4v) is 3.79. The van der Waals surface area contributed by atoms with Gasteiger partial charge in [0.2, 0.25) is 0 Å². The van der Waals surface area contributed by atoms with Crippen LogP contribution in [0.3, 0.4) is 0 Å². The van der Waals surface area contributed by atoms with E-state index in [-0.39, 0.29) is 5.54 Å². The minimum absolute atomic E-state index is 0.235. The molecule has 3 rings (SSSR count). The highest BCUT2D eigenvalue weighted by molar-refractivity contribution is 5.13. The lowest BCUT2D eigenvalue weighted by Crippen LogP contribution is -2.55. The van der Waals surface area contributed by atoms with Gasteiger partial charge in [-0.1, -0.05) is 0 Å². The van der Waals surface area contributed by atoms with Crippen LogP contribution in [-0.2, 0) is 0 Å². The van der Waals surface area contributed by atoms with Crippen LogP contribution in [0, 0.1) is 17.2 Å². The summed E-state index contributed by atoms with van der Waals surface area (Å²) in [5, 5.41) is 13.4. The smallest absolute Gasteiger partial charge is 0.108 e. The summed E-state index contributed by atoms with van der Waals surface area (Å²) >= 11 is 0. The van der Waals surface area contributed by atoms with Gasteiger partial charge in [0, 0.05) is 24.7 Å². The highest BCUT2D eigenvalue weighted by Crippen LogP contribution is 2.37. The molecular formula is C17H29N3. The van der Waals surface area contributed by atoms with Gasteiger partial charge >= 0.3 is 0 Å². The van der Waals surface area contributed by atoms with Gasteiger partial charge in [0.15, 0.2) is 0 Å². The predicted octanol–water partition coefficient (Wildman–Crippen LogP) is 3.06. The number of rotatable bonds is 6. The second kappa shape index (κ2) is 5.66. The van der Waals surface area contributed by atoms with Crippen LogP contribution in [0.5, 0.6) is 0 Å². The molecule has 0 aliphatic heterocycles. The molecule has 1 N–H and O–H groups in total. The molecule has 3 aliphatic carbocycles. The van der Waals surface area contributed by atoms with Crippen molar-refractivity contribution in [1.29, 1.82) is 5.26 Å². The summed E-state index contributed by atoms with van der Waals surface area (Å²) in [4.78, 5) is 2.69. The molecule has 2 atom stereocenters. The Labute approximate surface area is 123 Å². The van der Waals surface area contributed by atoms with Gasteiger partial charge in [0.25, 0.3) is 0 Å². The van der Waals surface area contributed by atoms with Crippen LogP contribution >= 0.6 is 0 Å². The Kier molecular flexibility index (Phi) is 4.06. The summed E-state index contributed by atoms with van der Waals surface area (Å²) < 4.78 is 0. The summed E-state index contributed by atoms with van der Waals surface area (Å²) in [5.41, 5.74) is -0.235. The standard InChI is InChI=1S/C17H29N3/c1-13(2)20(11-14-5-6-14)16-4-3-9-17(10-16,12-18)19-15-7-8-15/h13-16,19H,3-11H2,1-2H3. The first-order valence-electron chi connectivity index (χ1n) is 8.56. The molecular weight excluding hydrogens is 246 g/mol. The summed E-state index contributed by atoms with van der Waals surface area (Å²) in [7, 11) is 0. The molecule has 0 aromatic heterocycles. The third-order valence-electron chi connectivity index (χ3n) is 5.30. The Balaban J connectivity index is 1.66. The Bertz CT molecular complexity index is 378. The molecule has 3 heteroatoms. The molecule has 3 aliphatic rings. The fraction of sp³-hybridized carbons (Fsp3) is 0.941. The van der Waals surface area contributed by atoms with Gasteiger partial charge < -0.3 is 0 Å². The van der Waals surface area contributed by atoms with E-state index in [2.05, 4.69) is 30.1 Å². The van der Waals surface area contributed by atoms with Crippen LogP contribution in [0.2, 0.25) is 0 Å². The molecule has 0 aromatic carbocycles. The monoisotopic (exact) mass is 275 g/mol. The second-order valence-electron chi connectivity index (χ2n) is 7.60. The van der Waals surface area contributed by atoms with E-state index >= 15 is 0 Å². The topological polar surface area (TPSA) is 39.1 Å². The first-order valence-corrected chi connectivity index (χ1v) is 8.56. The molecule has 3 fully saturated rings. The first kappa shape index (κ1) is 14.4. The largest absolute Gasteiger partial charge is 0.298 e. The van der Waals surface area contributed by atoms with Crippen molar-refractivity contribution in [2.24, 2.45) is 5.92 Å². The van der Waals surface area contributed by atoms with Crippen LogP contribution in [0.15, 0.2) is 0 Å². The SMILES string of the molecule is CC(C)N(CC1CC1)C1CCCC(C#N)(NC2CC2)C1. The molecule has 0 radical (unpaired) electrons. The van der Waals surface area contributed by atoms with Gasteiger partial charge in [-0.25, -0.2) is 0 Å². The second-order valence-corrected chi connectivity index (χ2v) is 7.60. The van der Waals surface area contributed by atoms with Crippen molar-refractivity contribution in [3.63, 3.8) is 0 Å². The molecule has 0 saturated heterocycles. The number of hydrogen-bond acceptors (Lipinski definition) is 3. The lowest BCUT2D eigenvalue weighted by Gasteiger charge is -2.43. The Morgan fingerprint density at radius 1 is 1.25 bits per heavy atom. The van der Waals surface area contributed by atoms with Crippen molar-refractivity contribution in [3.8, 4) is 6.07 Å². The van der Waals surface area contributed by atoms with E-state index in [1.807, 2.05) is 0 Å². The van der Waals surface area contributed by atoms with Crippen LogP contribution in [-0.4, -0.2) is 35.1 Å². The molecule has 112 valence electrons. The molecule has 3 saturated carbocycles. The zero-order valence-electron chi connectivity index (χ0n) is 13.1. The third kappa shape index (κ3) is 3.35. The van der Waals surface area contributed by atoms with Crippen molar-refractivity contribution < 1.29 is 0 Å². The lowest BCUT2D eigenvalue weighted by molar-refractivity contribution is 0.0869. The summed E-state index contributed by atoms with van der Waals surface area (Å²) in [5.74, 6) is 0.937. The van der Waals surface area contributed by atoms with E-state index in [1.54, 1.807) is 0 Å². The van der Waals surface area contributed by atoms with E-state index in [0.29, 0.717) is 18.1 Å². The zero-order valence-corrected chi connectivity index (χ0v) is 13.1. The van der Waals surface area contributed by atoms with Crippen molar-refractivity contribution in [2.75, 3.05) is 6.54 Å². The van der Waals surface area contributed by atoms with Crippen molar-refractivity contribution >= 4 is 0 Å². The van der Waals surface area contributed by atoms with Gasteiger partial charge in [0.1, 0.15) is 5.54 Å².